The van der Waals surface area contributed by atoms with E-state index in [2.05, 4.69) is 13.2 Å². The Balaban J connectivity index is 3.50. The Morgan fingerprint density at radius 3 is 2.69 bits per heavy atom. The Labute approximate surface area is 93.4 Å². The van der Waals surface area contributed by atoms with Gasteiger partial charge in [0.25, 0.3) is 5.56 Å². The molecule has 82 valence electrons. The summed E-state index contributed by atoms with van der Waals surface area (Å²) in [5, 5.41) is 18.5. The molecule has 1 rings (SSSR count). The molecule has 1 N–H and O–H groups in total. The molecule has 0 saturated heterocycles. The molecule has 0 amide bonds. The third-order valence-corrected chi connectivity index (χ3v) is 2.15. The molecule has 0 unspecified atom stereocenters. The van der Waals surface area contributed by atoms with Gasteiger partial charge in [-0.1, -0.05) is 12.2 Å². The molecule has 0 aromatic carbocycles. The second kappa shape index (κ2) is 4.99. The molecular formula is C12H12N2O2. The van der Waals surface area contributed by atoms with Crippen LogP contribution >= 0.6 is 0 Å². The highest BCUT2D eigenvalue weighted by atomic mass is 16.3. The van der Waals surface area contributed by atoms with E-state index >= 15 is 0 Å². The first-order valence-corrected chi connectivity index (χ1v) is 4.73. The molecule has 0 atom stereocenters. The number of rotatable bonds is 4. The van der Waals surface area contributed by atoms with Gasteiger partial charge in [0.15, 0.2) is 5.88 Å². The highest BCUT2D eigenvalue weighted by Crippen LogP contribution is 2.13. The summed E-state index contributed by atoms with van der Waals surface area (Å²) >= 11 is 0. The van der Waals surface area contributed by atoms with Crippen molar-refractivity contribution in [2.24, 2.45) is 0 Å². The van der Waals surface area contributed by atoms with Crippen LogP contribution in [0.2, 0.25) is 0 Å². The molecule has 1 aromatic heterocycles. The monoisotopic (exact) mass is 216 g/mol. The minimum Gasteiger partial charge on any atom is -0.494 e. The number of hydrogen-bond acceptors (Lipinski definition) is 3. The van der Waals surface area contributed by atoms with Crippen molar-refractivity contribution in [2.75, 3.05) is 0 Å². The van der Waals surface area contributed by atoms with Crippen molar-refractivity contribution in [1.82, 2.24) is 4.57 Å². The van der Waals surface area contributed by atoms with Gasteiger partial charge in [-0.05, 0) is 12.0 Å². The maximum atomic E-state index is 11.8. The maximum Gasteiger partial charge on any atom is 0.271 e. The van der Waals surface area contributed by atoms with Crippen molar-refractivity contribution in [3.05, 3.63) is 52.9 Å². The summed E-state index contributed by atoms with van der Waals surface area (Å²) in [5.74, 6) is -0.166. The predicted octanol–water partition coefficient (Wildman–Crippen LogP) is 1.34. The zero-order valence-electron chi connectivity index (χ0n) is 8.81. The van der Waals surface area contributed by atoms with Crippen molar-refractivity contribution in [2.45, 2.75) is 13.0 Å². The summed E-state index contributed by atoms with van der Waals surface area (Å²) in [6, 6.07) is 3.26. The first-order valence-electron chi connectivity index (χ1n) is 4.73. The summed E-state index contributed by atoms with van der Waals surface area (Å²) in [5.41, 5.74) is 0.0270. The van der Waals surface area contributed by atoms with Gasteiger partial charge in [0, 0.05) is 12.6 Å². The molecular weight excluding hydrogens is 204 g/mol. The Hall–Kier alpha value is -2.28. The van der Waals surface area contributed by atoms with Crippen molar-refractivity contribution < 1.29 is 5.11 Å². The van der Waals surface area contributed by atoms with Gasteiger partial charge in [0.1, 0.15) is 11.6 Å². The van der Waals surface area contributed by atoms with Crippen LogP contribution in [0.3, 0.4) is 0 Å². The average molecular weight is 216 g/mol. The van der Waals surface area contributed by atoms with Crippen molar-refractivity contribution >= 4 is 0 Å². The Kier molecular flexibility index (Phi) is 3.67. The Bertz CT molecular complexity index is 521. The molecule has 0 bridgehead atoms. The Morgan fingerprint density at radius 2 is 2.19 bits per heavy atom. The Morgan fingerprint density at radius 1 is 1.50 bits per heavy atom. The standard InChI is InChI=1S/C12H12N2O2/c1-3-5-9-7-11(15)14(6-4-2)12(16)10(9)8-13/h3-4,7,15H,1-2,5-6H2. The van der Waals surface area contributed by atoms with E-state index in [-0.39, 0.29) is 18.0 Å². The molecule has 0 fully saturated rings. The lowest BCUT2D eigenvalue weighted by molar-refractivity contribution is 0.415. The van der Waals surface area contributed by atoms with Gasteiger partial charge in [-0.15, -0.1) is 13.2 Å². The number of hydrogen-bond donors (Lipinski definition) is 1. The van der Waals surface area contributed by atoms with Crippen molar-refractivity contribution in [3.63, 3.8) is 0 Å². The average Bonchev–Trinajstić information content (AvgIpc) is 2.25. The van der Waals surface area contributed by atoms with Gasteiger partial charge >= 0.3 is 0 Å². The number of aromatic hydroxyl groups is 1. The van der Waals surface area contributed by atoms with Crippen LogP contribution in [-0.4, -0.2) is 9.67 Å². The van der Waals surface area contributed by atoms with Crippen LogP contribution < -0.4 is 5.56 Å². The lowest BCUT2D eigenvalue weighted by Crippen LogP contribution is -2.23. The molecule has 0 radical (unpaired) electrons. The fourth-order valence-corrected chi connectivity index (χ4v) is 1.42. The number of nitrogens with zero attached hydrogens (tertiary/aromatic N) is 2. The highest BCUT2D eigenvalue weighted by molar-refractivity contribution is 5.40. The number of nitriles is 1. The largest absolute Gasteiger partial charge is 0.494 e. The van der Waals surface area contributed by atoms with E-state index in [0.29, 0.717) is 12.0 Å². The molecule has 1 heterocycles. The van der Waals surface area contributed by atoms with Crippen molar-refractivity contribution in [1.29, 1.82) is 5.26 Å². The zero-order chi connectivity index (χ0) is 12.1. The molecule has 0 saturated carbocycles. The highest BCUT2D eigenvalue weighted by Gasteiger charge is 2.12. The first-order chi connectivity index (χ1) is 7.65. The summed E-state index contributed by atoms with van der Waals surface area (Å²) in [6.45, 7) is 7.19. The van der Waals surface area contributed by atoms with Gasteiger partial charge < -0.3 is 5.11 Å². The molecule has 4 nitrogen and oxygen atoms in total. The predicted molar refractivity (Wildman–Crippen MR) is 61.2 cm³/mol. The van der Waals surface area contributed by atoms with Gasteiger partial charge in [-0.25, -0.2) is 0 Å². The molecule has 4 heteroatoms. The van der Waals surface area contributed by atoms with Crippen LogP contribution in [-0.2, 0) is 13.0 Å². The first kappa shape index (κ1) is 11.8. The van der Waals surface area contributed by atoms with Gasteiger partial charge in [0.05, 0.1) is 0 Å². The second-order valence-electron chi connectivity index (χ2n) is 3.21. The number of aromatic nitrogens is 1. The maximum absolute atomic E-state index is 11.8. The van der Waals surface area contributed by atoms with Gasteiger partial charge in [0.2, 0.25) is 0 Å². The smallest absolute Gasteiger partial charge is 0.271 e. The van der Waals surface area contributed by atoms with Crippen molar-refractivity contribution in [3.8, 4) is 11.9 Å². The van der Waals surface area contributed by atoms with E-state index in [1.165, 1.54) is 12.1 Å². The molecule has 0 aliphatic carbocycles. The summed E-state index contributed by atoms with van der Waals surface area (Å²) in [6.07, 6.45) is 3.43. The van der Waals surface area contributed by atoms with Crippen LogP contribution in [0.5, 0.6) is 5.88 Å². The van der Waals surface area contributed by atoms with E-state index in [1.807, 2.05) is 6.07 Å². The van der Waals surface area contributed by atoms with Crippen LogP contribution in [0.4, 0.5) is 0 Å². The minimum atomic E-state index is -0.501. The van der Waals surface area contributed by atoms with Gasteiger partial charge in [-0.3, -0.25) is 9.36 Å². The SMILES string of the molecule is C=CCc1cc(O)n(CC=C)c(=O)c1C#N. The summed E-state index contributed by atoms with van der Waals surface area (Å²) in [4.78, 5) is 11.8. The van der Waals surface area contributed by atoms with E-state index in [1.54, 1.807) is 6.08 Å². The molecule has 0 aliphatic heterocycles. The fraction of sp³-hybridized carbons (Fsp3) is 0.167. The van der Waals surface area contributed by atoms with E-state index in [0.717, 1.165) is 4.57 Å². The van der Waals surface area contributed by atoms with Crippen LogP contribution in [0.25, 0.3) is 0 Å². The van der Waals surface area contributed by atoms with Crippen LogP contribution in [0, 0.1) is 11.3 Å². The minimum absolute atomic E-state index is 0.0413. The zero-order valence-corrected chi connectivity index (χ0v) is 8.81. The third-order valence-electron chi connectivity index (χ3n) is 2.15. The molecule has 0 aliphatic rings. The molecule has 0 spiro atoms. The second-order valence-corrected chi connectivity index (χ2v) is 3.21. The van der Waals surface area contributed by atoms with Crippen LogP contribution in [0.1, 0.15) is 11.1 Å². The molecule has 1 aromatic rings. The quantitative estimate of drug-likeness (QED) is 0.772. The van der Waals surface area contributed by atoms with E-state index in [9.17, 15) is 9.90 Å². The van der Waals surface area contributed by atoms with Gasteiger partial charge in [-0.2, -0.15) is 5.26 Å². The molecule has 16 heavy (non-hydrogen) atoms. The third kappa shape index (κ3) is 2.04. The normalized spacial score (nSPS) is 9.44. The lowest BCUT2D eigenvalue weighted by atomic mass is 10.1. The number of pyridine rings is 1. The fourth-order valence-electron chi connectivity index (χ4n) is 1.42. The summed E-state index contributed by atoms with van der Waals surface area (Å²) < 4.78 is 1.10. The van der Waals surface area contributed by atoms with E-state index < -0.39 is 5.56 Å². The van der Waals surface area contributed by atoms with E-state index in [4.69, 9.17) is 5.26 Å². The van der Waals surface area contributed by atoms with Crippen LogP contribution in [0.15, 0.2) is 36.2 Å². The lowest BCUT2D eigenvalue weighted by Gasteiger charge is -2.08. The topological polar surface area (TPSA) is 66.0 Å². The summed E-state index contributed by atoms with van der Waals surface area (Å²) in [7, 11) is 0. The number of allylic oxidation sites excluding steroid dienone is 2.